The molecule has 0 aliphatic heterocycles. The number of nitrogens with zero attached hydrogens (tertiary/aromatic N) is 1. The maximum Gasteiger partial charge on any atom is 0.127 e. The highest BCUT2D eigenvalue weighted by Gasteiger charge is 2.34. The summed E-state index contributed by atoms with van der Waals surface area (Å²) in [5.74, 6) is 0.553. The molecule has 0 amide bonds. The zero-order valence-corrected chi connectivity index (χ0v) is 12.4. The van der Waals surface area contributed by atoms with E-state index in [9.17, 15) is 9.18 Å². The van der Waals surface area contributed by atoms with Crippen molar-refractivity contribution in [3.05, 3.63) is 35.6 Å². The van der Waals surface area contributed by atoms with Crippen molar-refractivity contribution in [2.24, 2.45) is 11.3 Å². The molecule has 0 aromatic heterocycles. The zero-order valence-electron chi connectivity index (χ0n) is 12.4. The largest absolute Gasteiger partial charge is 0.303 e. The van der Waals surface area contributed by atoms with Crippen LogP contribution in [0.2, 0.25) is 0 Å². The Bertz CT molecular complexity index is 452. The zero-order chi connectivity index (χ0) is 14.6. The smallest absolute Gasteiger partial charge is 0.127 e. The summed E-state index contributed by atoms with van der Waals surface area (Å²) >= 11 is 0. The number of hydrogen-bond donors (Lipinski definition) is 0. The first-order chi connectivity index (χ1) is 9.54. The van der Waals surface area contributed by atoms with Crippen molar-refractivity contribution in [2.45, 2.75) is 39.2 Å². The monoisotopic (exact) mass is 277 g/mol. The first kappa shape index (κ1) is 15.2. The standard InChI is InChI=1S/C17H24FNO/c1-14-7-9-17(13-20,10-8-14)12-19(2)11-15-5-3-4-6-16(15)18/h3-6,13-14H,7-12H2,1-2H3. The predicted octanol–water partition coefficient (Wildman–Crippen LogP) is 3.65. The van der Waals surface area contributed by atoms with Crippen LogP contribution >= 0.6 is 0 Å². The molecule has 0 atom stereocenters. The molecule has 1 saturated carbocycles. The van der Waals surface area contributed by atoms with Crippen LogP contribution in [0.25, 0.3) is 0 Å². The summed E-state index contributed by atoms with van der Waals surface area (Å²) in [4.78, 5) is 13.6. The second kappa shape index (κ2) is 6.49. The number of rotatable bonds is 5. The van der Waals surface area contributed by atoms with Crippen molar-refractivity contribution in [2.75, 3.05) is 13.6 Å². The lowest BCUT2D eigenvalue weighted by Crippen LogP contribution is -2.39. The second-order valence-corrected chi connectivity index (χ2v) is 6.43. The molecule has 0 heterocycles. The van der Waals surface area contributed by atoms with Gasteiger partial charge < -0.3 is 9.69 Å². The SMILES string of the molecule is CC1CCC(C=O)(CN(C)Cc2ccccc2F)CC1. The fourth-order valence-corrected chi connectivity index (χ4v) is 3.16. The van der Waals surface area contributed by atoms with Crippen LogP contribution < -0.4 is 0 Å². The van der Waals surface area contributed by atoms with Gasteiger partial charge in [0.2, 0.25) is 0 Å². The van der Waals surface area contributed by atoms with Crippen LogP contribution in [0.15, 0.2) is 24.3 Å². The van der Waals surface area contributed by atoms with Gasteiger partial charge in [-0.05, 0) is 44.7 Å². The minimum atomic E-state index is -0.230. The van der Waals surface area contributed by atoms with E-state index >= 15 is 0 Å². The van der Waals surface area contributed by atoms with Gasteiger partial charge in [-0.15, -0.1) is 0 Å². The summed E-state index contributed by atoms with van der Waals surface area (Å²) in [6.07, 6.45) is 5.29. The average Bonchev–Trinajstić information content (AvgIpc) is 2.44. The molecular weight excluding hydrogens is 253 g/mol. The van der Waals surface area contributed by atoms with E-state index in [4.69, 9.17) is 0 Å². The third kappa shape index (κ3) is 3.66. The van der Waals surface area contributed by atoms with E-state index in [0.717, 1.165) is 44.4 Å². The summed E-state index contributed by atoms with van der Waals surface area (Å²) in [5, 5.41) is 0. The Balaban J connectivity index is 1.98. The van der Waals surface area contributed by atoms with E-state index in [1.807, 2.05) is 19.2 Å². The predicted molar refractivity (Wildman–Crippen MR) is 78.9 cm³/mol. The summed E-state index contributed by atoms with van der Waals surface area (Å²) in [5.41, 5.74) is 0.465. The van der Waals surface area contributed by atoms with Gasteiger partial charge in [0.1, 0.15) is 12.1 Å². The first-order valence-electron chi connectivity index (χ1n) is 7.43. The Labute approximate surface area is 121 Å². The van der Waals surface area contributed by atoms with Gasteiger partial charge in [0, 0.05) is 24.1 Å². The van der Waals surface area contributed by atoms with Gasteiger partial charge in [-0.25, -0.2) is 4.39 Å². The molecule has 0 spiro atoms. The normalized spacial score (nSPS) is 26.7. The molecule has 0 radical (unpaired) electrons. The highest BCUT2D eigenvalue weighted by molar-refractivity contribution is 5.60. The molecular formula is C17H24FNO. The van der Waals surface area contributed by atoms with Gasteiger partial charge in [0.15, 0.2) is 0 Å². The van der Waals surface area contributed by atoms with E-state index in [-0.39, 0.29) is 11.2 Å². The second-order valence-electron chi connectivity index (χ2n) is 6.43. The van der Waals surface area contributed by atoms with Crippen LogP contribution in [-0.2, 0) is 11.3 Å². The van der Waals surface area contributed by atoms with Crippen molar-refractivity contribution in [1.82, 2.24) is 4.90 Å². The fourth-order valence-electron chi connectivity index (χ4n) is 3.16. The third-order valence-corrected chi connectivity index (χ3v) is 4.50. The van der Waals surface area contributed by atoms with Gasteiger partial charge in [0.25, 0.3) is 0 Å². The Morgan fingerprint density at radius 3 is 2.60 bits per heavy atom. The summed E-state index contributed by atoms with van der Waals surface area (Å²) < 4.78 is 13.7. The van der Waals surface area contributed by atoms with E-state index in [1.54, 1.807) is 6.07 Å². The van der Waals surface area contributed by atoms with Gasteiger partial charge >= 0.3 is 0 Å². The Kier molecular flexibility index (Phi) is 4.92. The molecule has 2 rings (SSSR count). The maximum atomic E-state index is 13.7. The molecule has 1 aliphatic rings. The van der Waals surface area contributed by atoms with Gasteiger partial charge in [-0.3, -0.25) is 0 Å². The average molecular weight is 277 g/mol. The Morgan fingerprint density at radius 1 is 1.35 bits per heavy atom. The summed E-state index contributed by atoms with van der Waals surface area (Å²) in [7, 11) is 1.97. The molecule has 110 valence electrons. The van der Waals surface area contributed by atoms with Crippen LogP contribution in [0, 0.1) is 17.2 Å². The molecule has 0 bridgehead atoms. The molecule has 1 aromatic rings. The van der Waals surface area contributed by atoms with Crippen molar-refractivity contribution in [3.63, 3.8) is 0 Å². The number of carbonyl (C=O) groups excluding carboxylic acids is 1. The van der Waals surface area contributed by atoms with E-state index in [1.165, 1.54) is 6.07 Å². The molecule has 0 unspecified atom stereocenters. The van der Waals surface area contributed by atoms with Gasteiger partial charge in [0.05, 0.1) is 0 Å². The van der Waals surface area contributed by atoms with Crippen molar-refractivity contribution >= 4 is 6.29 Å². The molecule has 1 aliphatic carbocycles. The molecule has 1 aromatic carbocycles. The molecule has 0 N–H and O–H groups in total. The van der Waals surface area contributed by atoms with E-state index in [0.29, 0.717) is 12.1 Å². The van der Waals surface area contributed by atoms with Gasteiger partial charge in [-0.1, -0.05) is 25.1 Å². The number of benzene rings is 1. The fraction of sp³-hybridized carbons (Fsp3) is 0.588. The topological polar surface area (TPSA) is 20.3 Å². The van der Waals surface area contributed by atoms with E-state index < -0.39 is 0 Å². The quantitative estimate of drug-likeness (QED) is 0.766. The van der Waals surface area contributed by atoms with Crippen LogP contribution in [-0.4, -0.2) is 24.8 Å². The Hall–Kier alpha value is -1.22. The number of carbonyl (C=O) groups is 1. The lowest BCUT2D eigenvalue weighted by Gasteiger charge is -2.37. The molecule has 0 saturated heterocycles. The highest BCUT2D eigenvalue weighted by atomic mass is 19.1. The van der Waals surface area contributed by atoms with E-state index in [2.05, 4.69) is 11.8 Å². The number of hydrogen-bond acceptors (Lipinski definition) is 2. The molecule has 1 fully saturated rings. The molecule has 20 heavy (non-hydrogen) atoms. The Morgan fingerprint density at radius 2 is 2.00 bits per heavy atom. The lowest BCUT2D eigenvalue weighted by molar-refractivity contribution is -0.119. The number of halogens is 1. The van der Waals surface area contributed by atoms with Crippen molar-refractivity contribution in [1.29, 1.82) is 0 Å². The van der Waals surface area contributed by atoms with Crippen molar-refractivity contribution in [3.8, 4) is 0 Å². The van der Waals surface area contributed by atoms with Crippen molar-refractivity contribution < 1.29 is 9.18 Å². The minimum absolute atomic E-state index is 0.170. The maximum absolute atomic E-state index is 13.7. The van der Waals surface area contributed by atoms with Crippen LogP contribution in [0.4, 0.5) is 4.39 Å². The minimum Gasteiger partial charge on any atom is -0.303 e. The number of aldehydes is 1. The first-order valence-corrected chi connectivity index (χ1v) is 7.43. The van der Waals surface area contributed by atoms with Crippen LogP contribution in [0.5, 0.6) is 0 Å². The summed E-state index contributed by atoms with van der Waals surface area (Å²) in [6.45, 7) is 3.52. The van der Waals surface area contributed by atoms with Crippen LogP contribution in [0.3, 0.4) is 0 Å². The third-order valence-electron chi connectivity index (χ3n) is 4.50. The summed E-state index contributed by atoms with van der Waals surface area (Å²) in [6, 6.07) is 6.85. The van der Waals surface area contributed by atoms with Gasteiger partial charge in [-0.2, -0.15) is 0 Å². The lowest BCUT2D eigenvalue weighted by atomic mass is 9.71. The molecule has 2 nitrogen and oxygen atoms in total. The molecule has 3 heteroatoms. The van der Waals surface area contributed by atoms with Crippen LogP contribution in [0.1, 0.15) is 38.2 Å². The highest BCUT2D eigenvalue weighted by Crippen LogP contribution is 2.37.